The molecule has 1 unspecified atom stereocenters. The van der Waals surface area contributed by atoms with Gasteiger partial charge in [-0.1, -0.05) is 60.7 Å². The predicted molar refractivity (Wildman–Crippen MR) is 204 cm³/mol. The van der Waals surface area contributed by atoms with E-state index in [9.17, 15) is 24.0 Å². The first-order valence-electron chi connectivity index (χ1n) is 17.8. The second-order valence-corrected chi connectivity index (χ2v) is 13.5. The maximum atomic E-state index is 13.9. The zero-order chi connectivity index (χ0) is 38.6. The lowest BCUT2D eigenvalue weighted by Crippen LogP contribution is -2.41. The molecule has 2 aliphatic rings. The minimum atomic E-state index is -1.52. The number of nitrogen functional groups attached to an aromatic ring is 1. The topological polar surface area (TPSA) is 193 Å². The highest BCUT2D eigenvalue weighted by molar-refractivity contribution is 6.14. The van der Waals surface area contributed by atoms with Crippen LogP contribution in [-0.4, -0.2) is 64.6 Å². The number of aryl methyl sites for hydroxylation is 2. The van der Waals surface area contributed by atoms with Crippen molar-refractivity contribution in [2.45, 2.75) is 43.7 Å². The first-order valence-corrected chi connectivity index (χ1v) is 17.8. The van der Waals surface area contributed by atoms with Gasteiger partial charge in [-0.3, -0.25) is 19.8 Å². The monoisotopic (exact) mass is 738 g/mol. The van der Waals surface area contributed by atoms with Crippen molar-refractivity contribution < 1.29 is 33.4 Å². The number of ether oxygens (including phenoxy) is 2. The third kappa shape index (κ3) is 7.42. The molecule has 1 fully saturated rings. The number of nitrogens with zero attached hydrogens (tertiary/aromatic N) is 3. The van der Waals surface area contributed by atoms with Crippen molar-refractivity contribution in [1.29, 1.82) is 0 Å². The van der Waals surface area contributed by atoms with Crippen molar-refractivity contribution in [3.05, 3.63) is 126 Å². The van der Waals surface area contributed by atoms with E-state index < -0.39 is 17.0 Å². The first kappa shape index (κ1) is 36.6. The van der Waals surface area contributed by atoms with Crippen molar-refractivity contribution in [2.24, 2.45) is 0 Å². The molecule has 1 saturated heterocycles. The quantitative estimate of drug-likeness (QED) is 0.0479. The molecule has 1 aromatic heterocycles. The summed E-state index contributed by atoms with van der Waals surface area (Å²) in [6, 6.07) is 30.4. The summed E-state index contributed by atoms with van der Waals surface area (Å²) in [5.41, 5.74) is 7.65. The molecule has 13 heteroatoms. The summed E-state index contributed by atoms with van der Waals surface area (Å²) in [7, 11) is 0. The molecular formula is C42H38N6O7. The Morgan fingerprint density at radius 2 is 1.58 bits per heavy atom. The summed E-state index contributed by atoms with van der Waals surface area (Å²) >= 11 is 0. The summed E-state index contributed by atoms with van der Waals surface area (Å²) in [4.78, 5) is 75.0. The van der Waals surface area contributed by atoms with E-state index in [-0.39, 0.29) is 37.1 Å². The second kappa shape index (κ2) is 15.3. The lowest BCUT2D eigenvalue weighted by Gasteiger charge is -2.26. The summed E-state index contributed by atoms with van der Waals surface area (Å²) in [5.74, 6) is -0.607. The molecule has 0 spiro atoms. The maximum Gasteiger partial charge on any atom is 0.334 e. The molecule has 55 heavy (non-hydrogen) atoms. The minimum Gasteiger partial charge on any atom is -0.478 e. The molecule has 0 radical (unpaired) electrons. The lowest BCUT2D eigenvalue weighted by atomic mass is 9.85. The zero-order valence-electron chi connectivity index (χ0n) is 30.0. The molecule has 3 heterocycles. The molecule has 0 saturated carbocycles. The summed E-state index contributed by atoms with van der Waals surface area (Å²) in [6.45, 7) is 1.93. The van der Waals surface area contributed by atoms with Crippen molar-refractivity contribution in [1.82, 2.24) is 20.6 Å². The molecule has 2 aliphatic heterocycles. The number of carbonyl (C=O) groups is 5. The van der Waals surface area contributed by atoms with Gasteiger partial charge in [0.1, 0.15) is 29.4 Å². The van der Waals surface area contributed by atoms with Gasteiger partial charge in [0.05, 0.1) is 30.1 Å². The number of benzene rings is 4. The van der Waals surface area contributed by atoms with Gasteiger partial charge in [0.15, 0.2) is 0 Å². The highest BCUT2D eigenvalue weighted by atomic mass is 16.5. The molecule has 5 aromatic rings. The average molecular weight is 739 g/mol. The van der Waals surface area contributed by atoms with Crippen LogP contribution in [0.2, 0.25) is 0 Å². The Kier molecular flexibility index (Phi) is 10.2. The second-order valence-electron chi connectivity index (χ2n) is 13.5. The van der Waals surface area contributed by atoms with Gasteiger partial charge in [-0.25, -0.2) is 9.78 Å². The summed E-state index contributed by atoms with van der Waals surface area (Å²) in [5, 5.41) is 5.76. The van der Waals surface area contributed by atoms with Crippen LogP contribution in [0.3, 0.4) is 0 Å². The molecular weight excluding hydrogens is 700 g/mol. The highest BCUT2D eigenvalue weighted by Gasteiger charge is 2.73. The van der Waals surface area contributed by atoms with Gasteiger partial charge < -0.3 is 30.1 Å². The molecule has 4 N–H and O–H groups in total. The Morgan fingerprint density at radius 3 is 2.29 bits per heavy atom. The van der Waals surface area contributed by atoms with Crippen LogP contribution in [0.5, 0.6) is 11.6 Å². The van der Waals surface area contributed by atoms with Gasteiger partial charge in [0.2, 0.25) is 11.8 Å². The number of hydrogen-bond donors (Lipinski definition) is 3. The Bertz CT molecular complexity index is 2270. The largest absolute Gasteiger partial charge is 0.478 e. The van der Waals surface area contributed by atoms with Crippen molar-refractivity contribution in [3.63, 3.8) is 0 Å². The van der Waals surface area contributed by atoms with Crippen molar-refractivity contribution in [3.8, 4) is 22.8 Å². The molecule has 278 valence electrons. The highest BCUT2D eigenvalue weighted by Crippen LogP contribution is 2.45. The number of aromatic nitrogens is 2. The van der Waals surface area contributed by atoms with Crippen LogP contribution < -0.4 is 30.7 Å². The number of aldehydes is 2. The number of carbonyl (C=O) groups excluding carboxylic acids is 5. The van der Waals surface area contributed by atoms with Crippen LogP contribution in [0, 0.1) is 6.92 Å². The Balaban J connectivity index is 1.21. The zero-order valence-corrected chi connectivity index (χ0v) is 30.0. The van der Waals surface area contributed by atoms with Crippen LogP contribution in [0.25, 0.3) is 11.1 Å². The fraction of sp³-hybridized carbons (Fsp3) is 0.214. The number of nitrogens with one attached hydrogen (secondary N) is 2. The molecule has 4 aromatic carbocycles. The Labute approximate surface area is 316 Å². The SMILES string of the molecule is Cc1cc(OCCCc2ccc3c(c2)C(=O)NCC(=O)N3c2ccc(C[C@@]3(C(=O)Oc4ccccc4)NC3(C=O)CC=O)cc2-c2ccccc2)nc(N)n1. The maximum absolute atomic E-state index is 13.9. The number of fused-ring (bicyclic) bond motifs is 1. The Morgan fingerprint density at radius 1 is 0.891 bits per heavy atom. The van der Waals surface area contributed by atoms with Gasteiger partial charge >= 0.3 is 5.97 Å². The van der Waals surface area contributed by atoms with Crippen molar-refractivity contribution >= 4 is 47.7 Å². The van der Waals surface area contributed by atoms with Crippen molar-refractivity contribution in [2.75, 3.05) is 23.8 Å². The number of para-hydroxylation sites is 1. The van der Waals surface area contributed by atoms with Gasteiger partial charge in [-0.15, -0.1) is 0 Å². The van der Waals surface area contributed by atoms with E-state index in [2.05, 4.69) is 20.6 Å². The Hall–Kier alpha value is -6.73. The molecule has 7 rings (SSSR count). The number of rotatable bonds is 14. The molecule has 0 aliphatic carbocycles. The van der Waals surface area contributed by atoms with E-state index in [1.807, 2.05) is 42.5 Å². The van der Waals surface area contributed by atoms with Gasteiger partial charge in [-0.2, -0.15) is 4.98 Å². The predicted octanol–water partition coefficient (Wildman–Crippen LogP) is 4.47. The standard InChI is InChI=1S/C42H38N6O7/c1-27-21-36(46-40(43)45-27)54-20-8-9-28-14-16-35-33(22-28)38(52)44-25-37(51)48(35)34-17-15-29(23-32(34)30-10-4-2-5-11-30)24-42(41(26-50,47-42)18-19-49)39(53)55-31-12-6-3-7-13-31/h2-7,10-17,19,21-23,26,47H,8-9,18,20,24-25H2,1H3,(H,44,52)(H2,43,45,46)/t41?,42-/m0/s1. The number of esters is 1. The van der Waals surface area contributed by atoms with E-state index in [4.69, 9.17) is 15.2 Å². The summed E-state index contributed by atoms with van der Waals surface area (Å²) < 4.78 is 11.5. The first-order chi connectivity index (χ1) is 26.6. The number of anilines is 3. The minimum absolute atomic E-state index is 0.00717. The number of hydrogen-bond acceptors (Lipinski definition) is 11. The van der Waals surface area contributed by atoms with E-state index in [1.54, 1.807) is 67.6 Å². The average Bonchev–Trinajstić information content (AvgIpc) is 3.86. The van der Waals surface area contributed by atoms with Gasteiger partial charge in [0.25, 0.3) is 11.8 Å². The number of amides is 2. The number of nitrogens with two attached hydrogens (primary N) is 1. The molecule has 2 amide bonds. The lowest BCUT2D eigenvalue weighted by molar-refractivity contribution is -0.138. The summed E-state index contributed by atoms with van der Waals surface area (Å²) in [6.07, 6.45) is 2.19. The van der Waals surface area contributed by atoms with Gasteiger partial charge in [-0.05, 0) is 72.9 Å². The fourth-order valence-electron chi connectivity index (χ4n) is 7.05. The molecule has 2 atom stereocenters. The van der Waals surface area contributed by atoms with Crippen LogP contribution in [0.4, 0.5) is 17.3 Å². The molecule has 0 bridgehead atoms. The van der Waals surface area contributed by atoms with Crippen LogP contribution >= 0.6 is 0 Å². The van der Waals surface area contributed by atoms with E-state index in [0.29, 0.717) is 77.4 Å². The van der Waals surface area contributed by atoms with E-state index >= 15 is 0 Å². The van der Waals surface area contributed by atoms with Gasteiger partial charge in [0, 0.05) is 30.2 Å². The van der Waals surface area contributed by atoms with Crippen LogP contribution in [0.1, 0.15) is 40.0 Å². The smallest absolute Gasteiger partial charge is 0.334 e. The third-order valence-electron chi connectivity index (χ3n) is 9.80. The van der Waals surface area contributed by atoms with E-state index in [0.717, 1.165) is 11.1 Å². The van der Waals surface area contributed by atoms with Crippen LogP contribution in [0.15, 0.2) is 103 Å². The fourth-order valence-corrected chi connectivity index (χ4v) is 7.05. The van der Waals surface area contributed by atoms with E-state index in [1.165, 1.54) is 4.90 Å². The van der Waals surface area contributed by atoms with Crippen LogP contribution in [-0.2, 0) is 32.0 Å². The normalized spacial score (nSPS) is 18.7. The third-order valence-corrected chi connectivity index (χ3v) is 9.80. The molecule has 13 nitrogen and oxygen atoms in total.